The second-order valence-corrected chi connectivity index (χ2v) is 7.34. The van der Waals surface area contributed by atoms with E-state index in [9.17, 15) is 22.8 Å². The van der Waals surface area contributed by atoms with Crippen LogP contribution in [0.15, 0.2) is 30.3 Å². The van der Waals surface area contributed by atoms with Gasteiger partial charge in [0.25, 0.3) is 0 Å². The SMILES string of the molecule is C[N+](C)(C)C(=O)C(NC(N)=O)SCCc1ccccc1.O=C([O-])C(F)(F)F. The third-order valence-electron chi connectivity index (χ3n) is 2.91. The van der Waals surface area contributed by atoms with E-state index < -0.39 is 23.6 Å². The van der Waals surface area contributed by atoms with E-state index in [1.54, 1.807) is 21.1 Å². The van der Waals surface area contributed by atoms with Gasteiger partial charge in [-0.2, -0.15) is 13.2 Å². The van der Waals surface area contributed by atoms with E-state index in [-0.39, 0.29) is 10.4 Å². The molecule has 27 heavy (non-hydrogen) atoms. The Labute approximate surface area is 159 Å². The van der Waals surface area contributed by atoms with Crippen molar-refractivity contribution < 1.29 is 37.1 Å². The zero-order chi connectivity index (χ0) is 21.3. The fraction of sp³-hybridized carbons (Fsp3) is 0.438. The third kappa shape index (κ3) is 11.1. The molecule has 1 aromatic carbocycles. The smallest absolute Gasteiger partial charge is 0.430 e. The number of urea groups is 1. The van der Waals surface area contributed by atoms with Crippen molar-refractivity contribution in [2.24, 2.45) is 5.73 Å². The summed E-state index contributed by atoms with van der Waals surface area (Å²) < 4.78 is 31.7. The van der Waals surface area contributed by atoms with Crippen LogP contribution in [0, 0.1) is 0 Å². The summed E-state index contributed by atoms with van der Waals surface area (Å²) in [6.45, 7) is 0. The molecule has 3 amide bonds. The molecule has 152 valence electrons. The number of aliphatic carboxylic acids is 1. The molecule has 0 bridgehead atoms. The van der Waals surface area contributed by atoms with Gasteiger partial charge in [0.1, 0.15) is 5.97 Å². The number of hydrogen-bond acceptors (Lipinski definition) is 5. The summed E-state index contributed by atoms with van der Waals surface area (Å²) in [5.41, 5.74) is 6.34. The van der Waals surface area contributed by atoms with Gasteiger partial charge < -0.3 is 21.0 Å². The topological polar surface area (TPSA) is 112 Å². The van der Waals surface area contributed by atoms with E-state index in [1.807, 2.05) is 30.3 Å². The second kappa shape index (κ2) is 10.8. The first-order valence-corrected chi connectivity index (χ1v) is 8.65. The number of carbonyl (C=O) groups is 3. The first-order chi connectivity index (χ1) is 12.2. The highest BCUT2D eigenvalue weighted by molar-refractivity contribution is 8.00. The number of alkyl halides is 3. The number of quaternary nitrogens is 1. The lowest BCUT2D eigenvalue weighted by molar-refractivity contribution is -0.792. The van der Waals surface area contributed by atoms with Crippen LogP contribution in [0.1, 0.15) is 5.56 Å². The highest BCUT2D eigenvalue weighted by Gasteiger charge is 2.32. The van der Waals surface area contributed by atoms with Crippen LogP contribution in [0.25, 0.3) is 0 Å². The number of aryl methyl sites for hydroxylation is 1. The van der Waals surface area contributed by atoms with Gasteiger partial charge in [0.15, 0.2) is 5.37 Å². The zero-order valence-electron chi connectivity index (χ0n) is 15.1. The number of primary amides is 1. The van der Waals surface area contributed by atoms with Crippen LogP contribution in [0.5, 0.6) is 0 Å². The molecular weight excluding hydrogens is 387 g/mol. The van der Waals surface area contributed by atoms with E-state index in [1.165, 1.54) is 17.3 Å². The van der Waals surface area contributed by atoms with Crippen LogP contribution in [-0.2, 0) is 16.0 Å². The van der Waals surface area contributed by atoms with E-state index in [2.05, 4.69) is 5.32 Å². The zero-order valence-corrected chi connectivity index (χ0v) is 15.9. The largest absolute Gasteiger partial charge is 0.542 e. The van der Waals surface area contributed by atoms with Crippen molar-refractivity contribution in [3.05, 3.63) is 35.9 Å². The molecule has 0 saturated carbocycles. The maximum absolute atomic E-state index is 12.2. The molecule has 0 heterocycles. The molecule has 0 aliphatic rings. The highest BCUT2D eigenvalue weighted by Crippen LogP contribution is 2.15. The number of carboxylic acids is 1. The Morgan fingerprint density at radius 1 is 1.19 bits per heavy atom. The number of amides is 3. The second-order valence-electron chi connectivity index (χ2n) is 6.13. The molecule has 11 heteroatoms. The van der Waals surface area contributed by atoms with Gasteiger partial charge >= 0.3 is 18.1 Å². The Morgan fingerprint density at radius 3 is 2.04 bits per heavy atom. The Morgan fingerprint density at radius 2 is 1.67 bits per heavy atom. The number of benzene rings is 1. The van der Waals surface area contributed by atoms with Crippen LogP contribution in [0.3, 0.4) is 0 Å². The van der Waals surface area contributed by atoms with Crippen molar-refractivity contribution in [2.75, 3.05) is 26.9 Å². The molecule has 0 saturated heterocycles. The van der Waals surface area contributed by atoms with E-state index in [0.717, 1.165) is 12.2 Å². The fourth-order valence-corrected chi connectivity index (χ4v) is 2.84. The average molecular weight is 409 g/mol. The van der Waals surface area contributed by atoms with Gasteiger partial charge in [0, 0.05) is 5.75 Å². The van der Waals surface area contributed by atoms with Gasteiger partial charge in [-0.3, -0.25) is 4.48 Å². The van der Waals surface area contributed by atoms with Crippen molar-refractivity contribution >= 4 is 29.7 Å². The Hall–Kier alpha value is -2.27. The number of rotatable bonds is 6. The molecule has 0 spiro atoms. The Balaban J connectivity index is 0.000000821. The first-order valence-electron chi connectivity index (χ1n) is 7.60. The van der Waals surface area contributed by atoms with Crippen LogP contribution < -0.4 is 16.2 Å². The molecular formula is C16H22F3N3O4S. The molecule has 3 N–H and O–H groups in total. The number of nitrogens with two attached hydrogens (primary N) is 1. The molecule has 0 fully saturated rings. The third-order valence-corrected chi connectivity index (χ3v) is 4.00. The monoisotopic (exact) mass is 409 g/mol. The van der Waals surface area contributed by atoms with Crippen LogP contribution in [0.2, 0.25) is 0 Å². The number of carbonyl (C=O) groups excluding carboxylic acids is 3. The van der Waals surface area contributed by atoms with Crippen LogP contribution in [-0.4, -0.2) is 60.8 Å². The normalized spacial score (nSPS) is 12.4. The molecule has 0 aromatic heterocycles. The number of hydrogen-bond donors (Lipinski definition) is 2. The molecule has 1 atom stereocenters. The quantitative estimate of drug-likeness (QED) is 0.525. The molecule has 1 rings (SSSR count). The Bertz CT molecular complexity index is 634. The summed E-state index contributed by atoms with van der Waals surface area (Å²) in [6.07, 6.45) is -4.35. The summed E-state index contributed by atoms with van der Waals surface area (Å²) in [5.74, 6) is -2.35. The molecule has 7 nitrogen and oxygen atoms in total. The van der Waals surface area contributed by atoms with Crippen LogP contribution >= 0.6 is 11.8 Å². The van der Waals surface area contributed by atoms with Crippen molar-refractivity contribution in [3.63, 3.8) is 0 Å². The predicted octanol–water partition coefficient (Wildman–Crippen LogP) is 0.488. The number of nitrogens with zero attached hydrogens (tertiary/aromatic N) is 1. The average Bonchev–Trinajstić information content (AvgIpc) is 2.52. The maximum atomic E-state index is 12.2. The maximum Gasteiger partial charge on any atom is 0.430 e. The summed E-state index contributed by atoms with van der Waals surface area (Å²) >= 11 is 1.40. The van der Waals surface area contributed by atoms with Gasteiger partial charge in [-0.1, -0.05) is 30.3 Å². The first kappa shape index (κ1) is 24.7. The molecule has 0 radical (unpaired) electrons. The fourth-order valence-electron chi connectivity index (χ4n) is 1.59. The minimum Gasteiger partial charge on any atom is -0.542 e. The Kier molecular flexibility index (Phi) is 9.87. The lowest BCUT2D eigenvalue weighted by Gasteiger charge is -2.26. The summed E-state index contributed by atoms with van der Waals surface area (Å²) in [7, 11) is 5.32. The predicted molar refractivity (Wildman–Crippen MR) is 93.2 cm³/mol. The van der Waals surface area contributed by atoms with E-state index in [4.69, 9.17) is 15.6 Å². The number of thioether (sulfide) groups is 1. The number of likely N-dealkylation sites (N-methyl/N-ethyl adjacent to an activating group) is 1. The van der Waals surface area contributed by atoms with Gasteiger partial charge in [0.2, 0.25) is 0 Å². The summed E-state index contributed by atoms with van der Waals surface area (Å²) in [6, 6.07) is 9.34. The van der Waals surface area contributed by atoms with E-state index in [0.29, 0.717) is 0 Å². The lowest BCUT2D eigenvalue weighted by Crippen LogP contribution is -2.53. The minimum absolute atomic E-state index is 0.0816. The van der Waals surface area contributed by atoms with Crippen LogP contribution in [0.4, 0.5) is 18.0 Å². The van der Waals surface area contributed by atoms with Crippen molar-refractivity contribution in [2.45, 2.75) is 18.0 Å². The van der Waals surface area contributed by atoms with Gasteiger partial charge in [-0.15, -0.1) is 11.8 Å². The number of carboxylic acid groups (broad SMARTS) is 1. The molecule has 1 unspecified atom stereocenters. The standard InChI is InChI=1S/C14H21N3O2S.C2HF3O2/c1-17(2,3)13(18)12(16-14(15)19)20-10-9-11-7-5-4-6-8-11;3-2(4,5)1(6)7/h4-8,12H,9-10H2,1-3H3,(H2-,15,16,19);(H,6,7). The molecule has 0 aliphatic carbocycles. The van der Waals surface area contributed by atoms with E-state index >= 15 is 0 Å². The van der Waals surface area contributed by atoms with Gasteiger partial charge in [-0.25, -0.2) is 9.59 Å². The minimum atomic E-state index is -5.19. The van der Waals surface area contributed by atoms with Crippen molar-refractivity contribution in [3.8, 4) is 0 Å². The van der Waals surface area contributed by atoms with Gasteiger partial charge in [-0.05, 0) is 12.0 Å². The number of halogens is 3. The summed E-state index contributed by atoms with van der Waals surface area (Å²) in [5, 5.41) is 10.7. The summed E-state index contributed by atoms with van der Waals surface area (Å²) in [4.78, 5) is 32.0. The highest BCUT2D eigenvalue weighted by atomic mass is 32.2. The lowest BCUT2D eigenvalue weighted by atomic mass is 10.2. The van der Waals surface area contributed by atoms with Gasteiger partial charge in [0.05, 0.1) is 21.1 Å². The molecule has 0 aliphatic heterocycles. The number of nitrogens with one attached hydrogen (secondary N) is 1. The molecule has 1 aromatic rings. The van der Waals surface area contributed by atoms with Crippen molar-refractivity contribution in [1.82, 2.24) is 5.32 Å². The van der Waals surface area contributed by atoms with Crippen molar-refractivity contribution in [1.29, 1.82) is 0 Å².